The van der Waals surface area contributed by atoms with Gasteiger partial charge in [0.2, 0.25) is 5.91 Å². The van der Waals surface area contributed by atoms with Crippen LogP contribution >= 0.6 is 22.9 Å². The van der Waals surface area contributed by atoms with Crippen molar-refractivity contribution in [1.29, 1.82) is 0 Å². The molecule has 1 aliphatic rings. The topological polar surface area (TPSA) is 88.5 Å². The van der Waals surface area contributed by atoms with Crippen LogP contribution in [0.25, 0.3) is 11.3 Å². The summed E-state index contributed by atoms with van der Waals surface area (Å²) >= 11 is 7.76. The highest BCUT2D eigenvalue weighted by Gasteiger charge is 2.53. The van der Waals surface area contributed by atoms with Gasteiger partial charge in [-0.05, 0) is 45.2 Å². The first-order valence-electron chi connectivity index (χ1n) is 12.0. The molecule has 0 saturated carbocycles. The molecule has 0 aliphatic carbocycles. The molecule has 1 aliphatic heterocycles. The Morgan fingerprint density at radius 2 is 1.89 bits per heavy atom. The van der Waals surface area contributed by atoms with Gasteiger partial charge in [0.05, 0.1) is 18.2 Å². The second-order valence-corrected chi connectivity index (χ2v) is 11.4. The molecular formula is C28H31ClN2O4S. The van der Waals surface area contributed by atoms with Gasteiger partial charge in [0.15, 0.2) is 0 Å². The van der Waals surface area contributed by atoms with E-state index < -0.39 is 29.0 Å². The number of carbonyl (C=O) groups excluding carboxylic acids is 2. The molecule has 3 aromatic rings. The van der Waals surface area contributed by atoms with Crippen molar-refractivity contribution in [3.8, 4) is 11.3 Å². The van der Waals surface area contributed by atoms with Crippen LogP contribution in [0.4, 0.5) is 0 Å². The van der Waals surface area contributed by atoms with Crippen LogP contribution in [0.15, 0.2) is 60.0 Å². The van der Waals surface area contributed by atoms with Crippen LogP contribution in [-0.2, 0) is 19.7 Å². The average Bonchev–Trinajstić information content (AvgIpc) is 3.30. The molecule has 0 bridgehead atoms. The number of hydrogen-bond acceptors (Lipinski definition) is 6. The van der Waals surface area contributed by atoms with E-state index in [2.05, 4.69) is 5.32 Å². The van der Waals surface area contributed by atoms with Crippen LogP contribution in [0.2, 0.25) is 5.02 Å². The number of aliphatic hydroxyl groups excluding tert-OH is 1. The predicted molar refractivity (Wildman–Crippen MR) is 142 cm³/mol. The summed E-state index contributed by atoms with van der Waals surface area (Å²) in [6.07, 6.45) is -0.129. The molecule has 2 N–H and O–H groups in total. The highest BCUT2D eigenvalue weighted by molar-refractivity contribution is 7.10. The molecule has 2 aromatic carbocycles. The third kappa shape index (κ3) is 5.64. The summed E-state index contributed by atoms with van der Waals surface area (Å²) in [5, 5.41) is 16.7. The molecule has 0 spiro atoms. The van der Waals surface area contributed by atoms with E-state index >= 15 is 0 Å². The molecule has 4 rings (SSSR count). The van der Waals surface area contributed by atoms with Gasteiger partial charge in [-0.3, -0.25) is 9.59 Å². The van der Waals surface area contributed by atoms with Crippen LogP contribution in [0, 0.1) is 0 Å². The van der Waals surface area contributed by atoms with E-state index in [9.17, 15) is 14.7 Å². The molecule has 8 heteroatoms. The largest absolute Gasteiger partial charge is 0.460 e. The fraction of sp³-hybridized carbons (Fsp3) is 0.393. The van der Waals surface area contributed by atoms with Gasteiger partial charge in [0, 0.05) is 28.4 Å². The second kappa shape index (κ2) is 10.7. The first-order chi connectivity index (χ1) is 17.1. The maximum absolute atomic E-state index is 14.0. The van der Waals surface area contributed by atoms with E-state index in [1.807, 2.05) is 53.9 Å². The van der Waals surface area contributed by atoms with E-state index in [0.29, 0.717) is 35.1 Å². The molecule has 36 heavy (non-hydrogen) atoms. The zero-order chi connectivity index (χ0) is 25.9. The van der Waals surface area contributed by atoms with E-state index in [-0.39, 0.29) is 12.3 Å². The zero-order valence-corrected chi connectivity index (χ0v) is 22.2. The van der Waals surface area contributed by atoms with Gasteiger partial charge in [-0.1, -0.05) is 60.1 Å². The lowest BCUT2D eigenvalue weighted by atomic mass is 9.66. The number of esters is 1. The van der Waals surface area contributed by atoms with Crippen LogP contribution in [0.3, 0.4) is 0 Å². The second-order valence-electron chi connectivity index (χ2n) is 10.1. The molecule has 190 valence electrons. The molecule has 6 nitrogen and oxygen atoms in total. The van der Waals surface area contributed by atoms with E-state index in [4.69, 9.17) is 21.3 Å². The summed E-state index contributed by atoms with van der Waals surface area (Å²) in [4.78, 5) is 32.3. The van der Waals surface area contributed by atoms with Gasteiger partial charge in [0.25, 0.3) is 0 Å². The van der Waals surface area contributed by atoms with Gasteiger partial charge in [-0.25, -0.2) is 4.98 Å². The van der Waals surface area contributed by atoms with Gasteiger partial charge >= 0.3 is 5.97 Å². The third-order valence-electron chi connectivity index (χ3n) is 6.35. The Morgan fingerprint density at radius 3 is 2.58 bits per heavy atom. The smallest absolute Gasteiger partial charge is 0.307 e. The maximum atomic E-state index is 14.0. The SMILES string of the molecule is CC(C)(C)OC(=O)C[C@@]1(c2nc(-c3ccccc3Cl)cs2)C(=O)NCCC(O)C[C@H]1c1ccccc1. The number of aromatic nitrogens is 1. The summed E-state index contributed by atoms with van der Waals surface area (Å²) in [6, 6.07) is 16.9. The molecule has 3 atom stereocenters. The monoisotopic (exact) mass is 526 g/mol. The number of rotatable bonds is 5. The quantitative estimate of drug-likeness (QED) is 0.429. The van der Waals surface area contributed by atoms with E-state index in [1.54, 1.807) is 26.8 Å². The maximum Gasteiger partial charge on any atom is 0.307 e. The number of hydrogen-bond donors (Lipinski definition) is 2. The number of ether oxygens (including phenoxy) is 1. The molecule has 1 amide bonds. The Bertz CT molecular complexity index is 1220. The van der Waals surface area contributed by atoms with Crippen molar-refractivity contribution < 1.29 is 19.4 Å². The fourth-order valence-corrected chi connectivity index (χ4v) is 6.07. The van der Waals surface area contributed by atoms with Crippen molar-refractivity contribution in [1.82, 2.24) is 10.3 Å². The Balaban J connectivity index is 1.91. The minimum absolute atomic E-state index is 0.210. The Kier molecular flexibility index (Phi) is 7.83. The molecule has 1 aromatic heterocycles. The minimum Gasteiger partial charge on any atom is -0.460 e. The summed E-state index contributed by atoms with van der Waals surface area (Å²) in [6.45, 7) is 5.70. The van der Waals surface area contributed by atoms with Crippen molar-refractivity contribution in [3.63, 3.8) is 0 Å². The van der Waals surface area contributed by atoms with Gasteiger partial charge < -0.3 is 15.2 Å². The minimum atomic E-state index is -1.38. The predicted octanol–water partition coefficient (Wildman–Crippen LogP) is 5.49. The van der Waals surface area contributed by atoms with Crippen LogP contribution < -0.4 is 5.32 Å². The molecule has 1 fully saturated rings. The van der Waals surface area contributed by atoms with Crippen molar-refractivity contribution >= 4 is 34.8 Å². The lowest BCUT2D eigenvalue weighted by Crippen LogP contribution is -2.53. The Morgan fingerprint density at radius 1 is 1.19 bits per heavy atom. The number of halogens is 1. The lowest BCUT2D eigenvalue weighted by molar-refractivity contribution is -0.159. The summed E-state index contributed by atoms with van der Waals surface area (Å²) in [7, 11) is 0. The van der Waals surface area contributed by atoms with Crippen LogP contribution in [-0.4, -0.2) is 40.2 Å². The first kappa shape index (κ1) is 26.3. The normalized spacial score (nSPS) is 22.9. The average molecular weight is 527 g/mol. The highest BCUT2D eigenvalue weighted by Crippen LogP contribution is 2.48. The molecule has 2 heterocycles. The Labute approximate surface area is 220 Å². The summed E-state index contributed by atoms with van der Waals surface area (Å²) < 4.78 is 5.70. The molecule has 0 radical (unpaired) electrons. The Hall–Kier alpha value is -2.74. The number of nitrogens with one attached hydrogen (secondary N) is 1. The zero-order valence-electron chi connectivity index (χ0n) is 20.7. The van der Waals surface area contributed by atoms with Crippen molar-refractivity contribution in [2.75, 3.05) is 6.54 Å². The van der Waals surface area contributed by atoms with Crippen LogP contribution in [0.1, 0.15) is 56.5 Å². The van der Waals surface area contributed by atoms with E-state index in [0.717, 1.165) is 11.1 Å². The number of nitrogens with zero attached hydrogens (tertiary/aromatic N) is 1. The molecule has 1 saturated heterocycles. The first-order valence-corrected chi connectivity index (χ1v) is 13.3. The van der Waals surface area contributed by atoms with Gasteiger partial charge in [-0.15, -0.1) is 11.3 Å². The van der Waals surface area contributed by atoms with Gasteiger partial charge in [-0.2, -0.15) is 0 Å². The molecule has 1 unspecified atom stereocenters. The number of amides is 1. The number of aliphatic hydroxyl groups is 1. The number of carbonyl (C=O) groups is 2. The van der Waals surface area contributed by atoms with Crippen molar-refractivity contribution in [3.05, 3.63) is 75.6 Å². The third-order valence-corrected chi connectivity index (χ3v) is 7.70. The standard InChI is InChI=1S/C28H31ClN2O4S/c1-27(2,3)35-24(33)16-28(26-31-23(17-36-26)20-11-7-8-12-22(20)29)21(18-9-5-4-6-10-18)15-19(32)13-14-30-25(28)34/h4-12,17,19,21,32H,13-16H2,1-3H3,(H,30,34)/t19?,21-,28-/m0/s1. The highest BCUT2D eigenvalue weighted by atomic mass is 35.5. The fourth-order valence-electron chi connectivity index (χ4n) is 4.77. The summed E-state index contributed by atoms with van der Waals surface area (Å²) in [5.41, 5.74) is 0.133. The van der Waals surface area contributed by atoms with Crippen molar-refractivity contribution in [2.24, 2.45) is 0 Å². The number of benzene rings is 2. The van der Waals surface area contributed by atoms with Crippen molar-refractivity contribution in [2.45, 2.75) is 63.1 Å². The van der Waals surface area contributed by atoms with Gasteiger partial charge in [0.1, 0.15) is 16.0 Å². The number of thiazole rings is 1. The summed E-state index contributed by atoms with van der Waals surface area (Å²) in [5.74, 6) is -1.30. The molecular weight excluding hydrogens is 496 g/mol. The lowest BCUT2D eigenvalue weighted by Gasteiger charge is -2.40. The van der Waals surface area contributed by atoms with E-state index in [1.165, 1.54) is 11.3 Å². The van der Waals surface area contributed by atoms with Crippen LogP contribution in [0.5, 0.6) is 0 Å².